The summed E-state index contributed by atoms with van der Waals surface area (Å²) in [5.41, 5.74) is 1.78. The zero-order chi connectivity index (χ0) is 21.0. The SMILES string of the molecule is Cc1cccc(Oc2cc(NC(=O)CCn3cc(Cl)c(C)n3)cc([N+](=O)[O-])c2)c1. The molecule has 9 heteroatoms. The number of carbonyl (C=O) groups is 1. The van der Waals surface area contributed by atoms with Crippen LogP contribution in [0.15, 0.2) is 48.7 Å². The topological polar surface area (TPSA) is 99.3 Å². The molecule has 0 radical (unpaired) electrons. The Morgan fingerprint density at radius 2 is 2.03 bits per heavy atom. The molecular formula is C20H19ClN4O4. The average Bonchev–Trinajstić information content (AvgIpc) is 2.97. The van der Waals surface area contributed by atoms with Crippen molar-refractivity contribution >= 4 is 28.9 Å². The highest BCUT2D eigenvalue weighted by atomic mass is 35.5. The number of nitrogens with zero attached hydrogens (tertiary/aromatic N) is 3. The lowest BCUT2D eigenvalue weighted by atomic mass is 10.2. The Morgan fingerprint density at radius 1 is 1.24 bits per heavy atom. The lowest BCUT2D eigenvalue weighted by Crippen LogP contribution is -2.15. The molecule has 3 rings (SSSR count). The van der Waals surface area contributed by atoms with Crippen LogP contribution in [0.25, 0.3) is 0 Å². The van der Waals surface area contributed by atoms with Crippen LogP contribution in [0.2, 0.25) is 5.02 Å². The molecule has 1 amide bonds. The monoisotopic (exact) mass is 414 g/mol. The van der Waals surface area contributed by atoms with E-state index in [1.807, 2.05) is 25.1 Å². The maximum Gasteiger partial charge on any atom is 0.275 e. The standard InChI is InChI=1S/C20H19ClN4O4/c1-13-4-3-5-17(8-13)29-18-10-15(9-16(11-18)25(27)28)22-20(26)6-7-24-12-19(21)14(2)23-24/h3-5,8-12H,6-7H2,1-2H3,(H,22,26). The van der Waals surface area contributed by atoms with Crippen LogP contribution in [0, 0.1) is 24.0 Å². The second-order valence-electron chi connectivity index (χ2n) is 6.51. The smallest absolute Gasteiger partial charge is 0.275 e. The van der Waals surface area contributed by atoms with Gasteiger partial charge in [0.05, 0.1) is 27.4 Å². The van der Waals surface area contributed by atoms with Gasteiger partial charge in [0, 0.05) is 31.3 Å². The summed E-state index contributed by atoms with van der Waals surface area (Å²) >= 11 is 5.95. The molecule has 1 N–H and O–H groups in total. The molecule has 0 atom stereocenters. The van der Waals surface area contributed by atoms with E-state index in [9.17, 15) is 14.9 Å². The van der Waals surface area contributed by atoms with Gasteiger partial charge in [-0.1, -0.05) is 23.7 Å². The first-order chi connectivity index (χ1) is 13.8. The van der Waals surface area contributed by atoms with Gasteiger partial charge in [-0.2, -0.15) is 5.10 Å². The van der Waals surface area contributed by atoms with E-state index in [2.05, 4.69) is 10.4 Å². The van der Waals surface area contributed by atoms with E-state index in [4.69, 9.17) is 16.3 Å². The minimum atomic E-state index is -0.534. The molecule has 0 aliphatic heterocycles. The fourth-order valence-electron chi connectivity index (χ4n) is 2.68. The Morgan fingerprint density at radius 3 is 2.69 bits per heavy atom. The van der Waals surface area contributed by atoms with E-state index in [1.54, 1.807) is 29.9 Å². The quantitative estimate of drug-likeness (QED) is 0.438. The molecule has 8 nitrogen and oxygen atoms in total. The van der Waals surface area contributed by atoms with E-state index in [-0.39, 0.29) is 29.5 Å². The van der Waals surface area contributed by atoms with E-state index in [0.717, 1.165) is 5.56 Å². The van der Waals surface area contributed by atoms with Crippen molar-refractivity contribution in [2.45, 2.75) is 26.8 Å². The fourth-order valence-corrected chi connectivity index (χ4v) is 2.83. The highest BCUT2D eigenvalue weighted by Gasteiger charge is 2.14. The second kappa shape index (κ2) is 8.74. The third-order valence-corrected chi connectivity index (χ3v) is 4.44. The van der Waals surface area contributed by atoms with E-state index >= 15 is 0 Å². The summed E-state index contributed by atoms with van der Waals surface area (Å²) in [6, 6.07) is 11.5. The molecule has 0 spiro atoms. The average molecular weight is 415 g/mol. The minimum Gasteiger partial charge on any atom is -0.457 e. The number of non-ortho nitro benzene ring substituents is 1. The summed E-state index contributed by atoms with van der Waals surface area (Å²) in [5.74, 6) is 0.500. The number of nitro groups is 1. The number of aromatic nitrogens is 2. The van der Waals surface area contributed by atoms with Crippen LogP contribution < -0.4 is 10.1 Å². The number of nitrogens with one attached hydrogen (secondary N) is 1. The Hall–Kier alpha value is -3.39. The molecule has 0 unspecified atom stereocenters. The number of halogens is 1. The highest BCUT2D eigenvalue weighted by Crippen LogP contribution is 2.30. The van der Waals surface area contributed by atoms with Crippen molar-refractivity contribution in [3.05, 3.63) is 75.1 Å². The maximum absolute atomic E-state index is 12.3. The number of hydrogen-bond donors (Lipinski definition) is 1. The Labute approximate surface area is 172 Å². The number of aryl methyl sites for hydroxylation is 3. The Kier molecular flexibility index (Phi) is 6.13. The number of nitro benzene ring substituents is 1. The molecule has 3 aromatic rings. The Balaban J connectivity index is 1.72. The number of rotatable bonds is 7. The number of ether oxygens (including phenoxy) is 1. The van der Waals surface area contributed by atoms with Gasteiger partial charge in [-0.05, 0) is 31.5 Å². The highest BCUT2D eigenvalue weighted by molar-refractivity contribution is 6.31. The van der Waals surface area contributed by atoms with Crippen molar-refractivity contribution in [3.8, 4) is 11.5 Å². The summed E-state index contributed by atoms with van der Waals surface area (Å²) in [5, 5.41) is 18.6. The van der Waals surface area contributed by atoms with Gasteiger partial charge in [0.15, 0.2) is 0 Å². The molecule has 0 aliphatic rings. The van der Waals surface area contributed by atoms with Crippen molar-refractivity contribution in [1.82, 2.24) is 9.78 Å². The summed E-state index contributed by atoms with van der Waals surface area (Å²) in [6.45, 7) is 4.03. The molecule has 1 aromatic heterocycles. The van der Waals surface area contributed by atoms with Gasteiger partial charge in [-0.25, -0.2) is 0 Å². The number of carbonyl (C=O) groups excluding carboxylic acids is 1. The van der Waals surface area contributed by atoms with Crippen LogP contribution >= 0.6 is 11.6 Å². The van der Waals surface area contributed by atoms with Crippen LogP contribution in [0.1, 0.15) is 17.7 Å². The third-order valence-electron chi connectivity index (χ3n) is 4.07. The lowest BCUT2D eigenvalue weighted by molar-refractivity contribution is -0.384. The molecule has 0 saturated carbocycles. The molecule has 1 heterocycles. The number of hydrogen-bond acceptors (Lipinski definition) is 5. The second-order valence-corrected chi connectivity index (χ2v) is 6.92. The predicted molar refractivity (Wildman–Crippen MR) is 110 cm³/mol. The number of benzene rings is 2. The van der Waals surface area contributed by atoms with E-state index in [1.165, 1.54) is 12.1 Å². The molecule has 2 aromatic carbocycles. The van der Waals surface area contributed by atoms with E-state index < -0.39 is 4.92 Å². The zero-order valence-electron chi connectivity index (χ0n) is 15.9. The first kappa shape index (κ1) is 20.3. The predicted octanol–water partition coefficient (Wildman–Crippen LogP) is 4.88. The molecule has 0 aliphatic carbocycles. The van der Waals surface area contributed by atoms with E-state index in [0.29, 0.717) is 23.0 Å². The molecule has 29 heavy (non-hydrogen) atoms. The van der Waals surface area contributed by atoms with Crippen LogP contribution in [-0.4, -0.2) is 20.6 Å². The molecule has 0 fully saturated rings. The van der Waals surface area contributed by atoms with Gasteiger partial charge >= 0.3 is 0 Å². The van der Waals surface area contributed by atoms with Crippen LogP contribution in [-0.2, 0) is 11.3 Å². The maximum atomic E-state index is 12.3. The normalized spacial score (nSPS) is 10.6. The van der Waals surface area contributed by atoms with Gasteiger partial charge in [0.2, 0.25) is 5.91 Å². The summed E-state index contributed by atoms with van der Waals surface area (Å²) in [6.07, 6.45) is 1.78. The van der Waals surface area contributed by atoms with Crippen LogP contribution in [0.5, 0.6) is 11.5 Å². The van der Waals surface area contributed by atoms with Gasteiger partial charge < -0.3 is 10.1 Å². The summed E-state index contributed by atoms with van der Waals surface area (Å²) in [7, 11) is 0. The number of anilines is 1. The van der Waals surface area contributed by atoms with Crippen LogP contribution in [0.3, 0.4) is 0 Å². The molecular weight excluding hydrogens is 396 g/mol. The van der Waals surface area contributed by atoms with Crippen molar-refractivity contribution in [3.63, 3.8) is 0 Å². The van der Waals surface area contributed by atoms with Gasteiger partial charge in [-0.15, -0.1) is 0 Å². The lowest BCUT2D eigenvalue weighted by Gasteiger charge is -2.10. The number of amides is 1. The molecule has 150 valence electrons. The third kappa shape index (κ3) is 5.55. The van der Waals surface area contributed by atoms with Crippen molar-refractivity contribution in [2.24, 2.45) is 0 Å². The van der Waals surface area contributed by atoms with Crippen LogP contribution in [0.4, 0.5) is 11.4 Å². The largest absolute Gasteiger partial charge is 0.457 e. The zero-order valence-corrected chi connectivity index (χ0v) is 16.6. The first-order valence-corrected chi connectivity index (χ1v) is 9.21. The Bertz CT molecular complexity index is 1040. The molecule has 0 bridgehead atoms. The first-order valence-electron chi connectivity index (χ1n) is 8.83. The minimum absolute atomic E-state index is 0.133. The van der Waals surface area contributed by atoms with Gasteiger partial charge in [0.1, 0.15) is 11.5 Å². The van der Waals surface area contributed by atoms with Crippen molar-refractivity contribution in [2.75, 3.05) is 5.32 Å². The van der Waals surface area contributed by atoms with Crippen molar-refractivity contribution in [1.29, 1.82) is 0 Å². The van der Waals surface area contributed by atoms with Crippen molar-refractivity contribution < 1.29 is 14.5 Å². The summed E-state index contributed by atoms with van der Waals surface area (Å²) < 4.78 is 7.31. The fraction of sp³-hybridized carbons (Fsp3) is 0.200. The van der Waals surface area contributed by atoms with Gasteiger partial charge in [-0.3, -0.25) is 19.6 Å². The molecule has 0 saturated heterocycles. The summed E-state index contributed by atoms with van der Waals surface area (Å²) in [4.78, 5) is 23.0. The van der Waals surface area contributed by atoms with Gasteiger partial charge in [0.25, 0.3) is 5.69 Å².